The third-order valence-electron chi connectivity index (χ3n) is 3.31. The van der Waals surface area contributed by atoms with Crippen LogP contribution in [0.25, 0.3) is 0 Å². The van der Waals surface area contributed by atoms with Gasteiger partial charge in [0, 0.05) is 6.42 Å². The van der Waals surface area contributed by atoms with E-state index in [4.69, 9.17) is 0 Å². The maximum atomic E-state index is 10.3. The van der Waals surface area contributed by atoms with Crippen LogP contribution in [-0.4, -0.2) is 35.9 Å². The summed E-state index contributed by atoms with van der Waals surface area (Å²) in [5, 5.41) is 13.6. The van der Waals surface area contributed by atoms with Gasteiger partial charge in [-0.1, -0.05) is 30.3 Å². The van der Waals surface area contributed by atoms with Gasteiger partial charge in [0.05, 0.1) is 5.60 Å². The lowest BCUT2D eigenvalue weighted by molar-refractivity contribution is -0.138. The van der Waals surface area contributed by atoms with Gasteiger partial charge in [-0.25, -0.2) is 0 Å². The number of carbonyl (C=O) groups is 1. The van der Waals surface area contributed by atoms with E-state index in [1.807, 2.05) is 39.0 Å². The molecule has 0 amide bonds. The molecule has 0 unspecified atom stereocenters. The van der Waals surface area contributed by atoms with Crippen molar-refractivity contribution in [1.29, 1.82) is 0 Å². The third-order valence-corrected chi connectivity index (χ3v) is 3.31. The quantitative estimate of drug-likeness (QED) is 0.840. The topological polar surface area (TPSA) is 58.6 Å². The van der Waals surface area contributed by atoms with Crippen molar-refractivity contribution < 1.29 is 14.6 Å². The Morgan fingerprint density at radius 2 is 1.81 bits per heavy atom. The molecule has 0 saturated carbocycles. The van der Waals surface area contributed by atoms with Crippen LogP contribution in [0.5, 0.6) is 0 Å². The number of carbonyl (C=O) groups excluding carboxylic acids is 1. The Bertz CT molecular complexity index is 406. The van der Waals surface area contributed by atoms with Gasteiger partial charge in [0.2, 0.25) is 0 Å². The monoisotopic (exact) mass is 293 g/mol. The summed E-state index contributed by atoms with van der Waals surface area (Å²) in [6.07, 6.45) is 2.51. The van der Waals surface area contributed by atoms with E-state index < -0.39 is 5.60 Å². The Hall–Kier alpha value is -1.39. The maximum Gasteiger partial charge on any atom is 0.293 e. The van der Waals surface area contributed by atoms with Gasteiger partial charge in [0.15, 0.2) is 0 Å². The fourth-order valence-electron chi connectivity index (χ4n) is 2.19. The fraction of sp³-hybridized carbons (Fsp3) is 0.588. The zero-order valence-corrected chi connectivity index (χ0v) is 13.3. The minimum atomic E-state index is -0.480. The second kappa shape index (κ2) is 8.15. The summed E-state index contributed by atoms with van der Waals surface area (Å²) in [6, 6.07) is 10.2. The molecule has 1 aliphatic rings. The highest BCUT2D eigenvalue weighted by molar-refractivity contribution is 5.37. The molecule has 0 aromatic heterocycles. The minimum absolute atomic E-state index is 0.318. The second-order valence-corrected chi connectivity index (χ2v) is 6.46. The predicted octanol–water partition coefficient (Wildman–Crippen LogP) is 2.30. The molecule has 1 saturated heterocycles. The summed E-state index contributed by atoms with van der Waals surface area (Å²) < 4.78 is 4.55. The summed E-state index contributed by atoms with van der Waals surface area (Å²) in [4.78, 5) is 9.60. The highest BCUT2D eigenvalue weighted by Gasteiger charge is 2.28. The number of hydrogen-bond donors (Lipinski definition) is 2. The Kier molecular flexibility index (Phi) is 6.85. The molecule has 1 aromatic carbocycles. The molecule has 0 aliphatic carbocycles. The van der Waals surface area contributed by atoms with Crippen LogP contribution in [0, 0.1) is 0 Å². The first-order chi connectivity index (χ1) is 9.85. The van der Waals surface area contributed by atoms with Crippen LogP contribution >= 0.6 is 0 Å². The summed E-state index contributed by atoms with van der Waals surface area (Å²) in [6.45, 7) is 7.79. The minimum Gasteiger partial charge on any atom is -0.462 e. The van der Waals surface area contributed by atoms with E-state index in [1.54, 1.807) is 0 Å². The summed E-state index contributed by atoms with van der Waals surface area (Å²) in [5.74, 6) is 0. The number of ether oxygens (including phenoxy) is 1. The highest BCUT2D eigenvalue weighted by Crippen LogP contribution is 2.22. The molecule has 4 heteroatoms. The van der Waals surface area contributed by atoms with Crippen molar-refractivity contribution in [3.05, 3.63) is 35.9 Å². The largest absolute Gasteiger partial charge is 0.462 e. The van der Waals surface area contributed by atoms with Crippen molar-refractivity contribution in [2.75, 3.05) is 13.1 Å². The molecule has 0 atom stereocenters. The van der Waals surface area contributed by atoms with Crippen LogP contribution in [0.1, 0.15) is 39.2 Å². The van der Waals surface area contributed by atoms with Crippen molar-refractivity contribution in [3.8, 4) is 0 Å². The number of nitrogens with one attached hydrogen (secondary N) is 1. The lowest BCUT2D eigenvalue weighted by Gasteiger charge is -2.32. The normalized spacial score (nSPS) is 17.3. The smallest absolute Gasteiger partial charge is 0.293 e. The predicted molar refractivity (Wildman–Crippen MR) is 84.1 cm³/mol. The molecular formula is C17H27NO3. The number of hydrogen-bond acceptors (Lipinski definition) is 4. The van der Waals surface area contributed by atoms with Crippen LogP contribution in [0.2, 0.25) is 0 Å². The lowest BCUT2D eigenvalue weighted by Crippen LogP contribution is -2.43. The molecule has 2 rings (SSSR count). The molecule has 4 nitrogen and oxygen atoms in total. The van der Waals surface area contributed by atoms with Crippen molar-refractivity contribution >= 4 is 6.47 Å². The van der Waals surface area contributed by atoms with Gasteiger partial charge in [-0.05, 0) is 52.3 Å². The summed E-state index contributed by atoms with van der Waals surface area (Å²) in [7, 11) is 0. The first kappa shape index (κ1) is 17.7. The third kappa shape index (κ3) is 7.83. The Morgan fingerprint density at radius 1 is 1.24 bits per heavy atom. The molecule has 1 fully saturated rings. The molecule has 1 heterocycles. The average molecular weight is 293 g/mol. The van der Waals surface area contributed by atoms with E-state index in [0.29, 0.717) is 6.47 Å². The zero-order chi connectivity index (χ0) is 15.8. The Labute approximate surface area is 127 Å². The van der Waals surface area contributed by atoms with E-state index in [1.165, 1.54) is 5.56 Å². The Balaban J connectivity index is 0.000000270. The van der Waals surface area contributed by atoms with Gasteiger partial charge in [-0.3, -0.25) is 4.79 Å². The van der Waals surface area contributed by atoms with E-state index in [0.717, 1.165) is 32.4 Å². The van der Waals surface area contributed by atoms with Crippen molar-refractivity contribution in [2.24, 2.45) is 0 Å². The molecule has 118 valence electrons. The standard InChI is InChI=1S/C12H17NO.C5H10O2/c14-12(6-8-13-9-7-12)10-11-4-2-1-3-5-11;1-5(2,3)7-4-6/h1-5,13-14H,6-10H2;4H,1-3H3. The first-order valence-corrected chi connectivity index (χ1v) is 7.43. The number of rotatable bonds is 3. The van der Waals surface area contributed by atoms with Crippen molar-refractivity contribution in [1.82, 2.24) is 5.32 Å². The molecule has 1 aliphatic heterocycles. The fourth-order valence-corrected chi connectivity index (χ4v) is 2.19. The van der Waals surface area contributed by atoms with Crippen LogP contribution in [0.15, 0.2) is 30.3 Å². The lowest BCUT2D eigenvalue weighted by atomic mass is 9.86. The molecule has 21 heavy (non-hydrogen) atoms. The van der Waals surface area contributed by atoms with E-state index in [2.05, 4.69) is 22.2 Å². The highest BCUT2D eigenvalue weighted by atomic mass is 16.5. The number of benzene rings is 1. The van der Waals surface area contributed by atoms with Crippen molar-refractivity contribution in [2.45, 2.75) is 51.2 Å². The van der Waals surface area contributed by atoms with Gasteiger partial charge in [-0.15, -0.1) is 0 Å². The summed E-state index contributed by atoms with van der Waals surface area (Å²) >= 11 is 0. The average Bonchev–Trinajstić information content (AvgIpc) is 2.39. The van der Waals surface area contributed by atoms with Crippen LogP contribution in [-0.2, 0) is 16.0 Å². The summed E-state index contributed by atoms with van der Waals surface area (Å²) in [5.41, 5.74) is 0.436. The molecular weight excluding hydrogens is 266 g/mol. The zero-order valence-electron chi connectivity index (χ0n) is 13.3. The first-order valence-electron chi connectivity index (χ1n) is 7.43. The van der Waals surface area contributed by atoms with Gasteiger partial charge in [-0.2, -0.15) is 0 Å². The van der Waals surface area contributed by atoms with Crippen LogP contribution < -0.4 is 5.32 Å². The maximum absolute atomic E-state index is 10.3. The molecule has 1 aromatic rings. The van der Waals surface area contributed by atoms with Gasteiger partial charge in [0.25, 0.3) is 6.47 Å². The van der Waals surface area contributed by atoms with E-state index in [9.17, 15) is 9.90 Å². The molecule has 0 spiro atoms. The van der Waals surface area contributed by atoms with Crippen LogP contribution in [0.3, 0.4) is 0 Å². The molecule has 0 bridgehead atoms. The number of piperidine rings is 1. The van der Waals surface area contributed by atoms with Crippen LogP contribution in [0.4, 0.5) is 0 Å². The van der Waals surface area contributed by atoms with E-state index in [-0.39, 0.29) is 5.60 Å². The van der Waals surface area contributed by atoms with Gasteiger partial charge in [0.1, 0.15) is 5.60 Å². The molecule has 2 N–H and O–H groups in total. The van der Waals surface area contributed by atoms with Gasteiger partial charge < -0.3 is 15.2 Å². The van der Waals surface area contributed by atoms with Crippen molar-refractivity contribution in [3.63, 3.8) is 0 Å². The molecule has 0 radical (unpaired) electrons. The SMILES string of the molecule is CC(C)(C)OC=O.OC1(Cc2ccccc2)CCNCC1. The van der Waals surface area contributed by atoms with Gasteiger partial charge >= 0.3 is 0 Å². The second-order valence-electron chi connectivity index (χ2n) is 6.46. The van der Waals surface area contributed by atoms with E-state index >= 15 is 0 Å². The number of aliphatic hydroxyl groups is 1. The Morgan fingerprint density at radius 3 is 2.24 bits per heavy atom.